The van der Waals surface area contributed by atoms with Gasteiger partial charge in [-0.1, -0.05) is 13.8 Å². The van der Waals surface area contributed by atoms with Crippen molar-refractivity contribution in [2.75, 3.05) is 27.7 Å². The van der Waals surface area contributed by atoms with E-state index in [-0.39, 0.29) is 31.0 Å². The first-order chi connectivity index (χ1) is 23.0. The van der Waals surface area contributed by atoms with Crippen LogP contribution >= 0.6 is 0 Å². The zero-order valence-electron chi connectivity index (χ0n) is 32.5. The Bertz CT molecular complexity index is 1100. The fourth-order valence-electron chi connectivity index (χ4n) is 7.93. The van der Waals surface area contributed by atoms with Crippen LogP contribution in [0.5, 0.6) is 0 Å². The number of nitrogens with zero attached hydrogens (tertiary/aromatic N) is 1. The van der Waals surface area contributed by atoms with Gasteiger partial charge in [-0.25, -0.2) is 0 Å². The average molecular weight is 721 g/mol. The van der Waals surface area contributed by atoms with Crippen LogP contribution in [0.3, 0.4) is 0 Å². The van der Waals surface area contributed by atoms with Gasteiger partial charge in [0.05, 0.1) is 47.6 Å². The molecule has 18 atom stereocenters. The van der Waals surface area contributed by atoms with Crippen molar-refractivity contribution in [2.24, 2.45) is 17.8 Å². The minimum absolute atomic E-state index is 0.130. The van der Waals surface area contributed by atoms with Crippen LogP contribution in [0.2, 0.25) is 0 Å². The van der Waals surface area contributed by atoms with E-state index in [0.29, 0.717) is 13.0 Å². The lowest BCUT2D eigenvalue weighted by Crippen LogP contribution is -2.60. The lowest BCUT2D eigenvalue weighted by molar-refractivity contribution is -0.317. The first-order valence-corrected chi connectivity index (χ1v) is 18.2. The predicted octanol–water partition coefficient (Wildman–Crippen LogP) is 1.17. The molecular formula is C36H68N2O12. The van der Waals surface area contributed by atoms with Gasteiger partial charge in [0.25, 0.3) is 0 Å². The Balaban J connectivity index is 2.13. The van der Waals surface area contributed by atoms with Gasteiger partial charge in [0, 0.05) is 38.1 Å². The summed E-state index contributed by atoms with van der Waals surface area (Å²) in [5, 5.41) is 60.6. The molecule has 294 valence electrons. The molecule has 3 heterocycles. The van der Waals surface area contributed by atoms with Crippen molar-refractivity contribution in [2.45, 2.75) is 179 Å². The van der Waals surface area contributed by atoms with E-state index >= 15 is 0 Å². The maximum absolute atomic E-state index is 14.0. The summed E-state index contributed by atoms with van der Waals surface area (Å²) in [4.78, 5) is 15.9. The van der Waals surface area contributed by atoms with E-state index in [2.05, 4.69) is 5.32 Å². The van der Waals surface area contributed by atoms with E-state index in [0.717, 1.165) is 0 Å². The third-order valence-electron chi connectivity index (χ3n) is 11.6. The van der Waals surface area contributed by atoms with Gasteiger partial charge in [-0.05, 0) is 88.2 Å². The number of carbonyl (C=O) groups excluding carboxylic acids is 1. The summed E-state index contributed by atoms with van der Waals surface area (Å²) in [7, 11) is 5.26. The zero-order valence-corrected chi connectivity index (χ0v) is 32.5. The minimum atomic E-state index is -1.79. The van der Waals surface area contributed by atoms with Crippen LogP contribution in [0.1, 0.15) is 88.5 Å². The van der Waals surface area contributed by atoms with Crippen LogP contribution in [0.4, 0.5) is 0 Å². The van der Waals surface area contributed by atoms with Gasteiger partial charge in [0.2, 0.25) is 0 Å². The van der Waals surface area contributed by atoms with Crippen molar-refractivity contribution in [1.82, 2.24) is 10.2 Å². The third-order valence-corrected chi connectivity index (χ3v) is 11.6. The van der Waals surface area contributed by atoms with Crippen LogP contribution in [-0.2, 0) is 33.2 Å². The summed E-state index contributed by atoms with van der Waals surface area (Å²) in [5.74, 6) is -2.92. The summed E-state index contributed by atoms with van der Waals surface area (Å²) in [5.41, 5.74) is -4.38. The van der Waals surface area contributed by atoms with Crippen molar-refractivity contribution in [3.63, 3.8) is 0 Å². The highest BCUT2D eigenvalue weighted by Gasteiger charge is 2.52. The van der Waals surface area contributed by atoms with Gasteiger partial charge in [-0.2, -0.15) is 0 Å². The highest BCUT2D eigenvalue weighted by Crippen LogP contribution is 2.39. The zero-order chi connectivity index (χ0) is 38.1. The molecule has 3 fully saturated rings. The average Bonchev–Trinajstić information content (AvgIpc) is 3.03. The molecule has 1 unspecified atom stereocenters. The second-order valence-corrected chi connectivity index (χ2v) is 16.4. The van der Waals surface area contributed by atoms with E-state index in [1.807, 2.05) is 32.8 Å². The summed E-state index contributed by atoms with van der Waals surface area (Å²) in [6.45, 7) is 17.4. The van der Waals surface area contributed by atoms with E-state index in [1.165, 1.54) is 21.0 Å². The third kappa shape index (κ3) is 9.74. The van der Waals surface area contributed by atoms with Crippen molar-refractivity contribution in [1.29, 1.82) is 0 Å². The number of aliphatic hydroxyl groups is 5. The number of hydrogen-bond donors (Lipinski definition) is 6. The molecule has 0 radical (unpaired) electrons. The number of ether oxygens (including phenoxy) is 6. The van der Waals surface area contributed by atoms with Crippen molar-refractivity contribution < 1.29 is 58.7 Å². The van der Waals surface area contributed by atoms with Crippen LogP contribution in [0, 0.1) is 17.8 Å². The Labute approximate surface area is 299 Å². The number of nitrogens with one attached hydrogen (secondary N) is 1. The lowest BCUT2D eigenvalue weighted by atomic mass is 9.78. The maximum Gasteiger partial charge on any atom is 0.311 e. The molecule has 0 aromatic rings. The van der Waals surface area contributed by atoms with E-state index in [1.54, 1.807) is 41.5 Å². The Kier molecular flexibility index (Phi) is 14.7. The molecule has 6 N–H and O–H groups in total. The van der Waals surface area contributed by atoms with Crippen LogP contribution < -0.4 is 5.32 Å². The molecule has 3 aliphatic heterocycles. The monoisotopic (exact) mass is 720 g/mol. The number of aliphatic hydroxyl groups excluding tert-OH is 3. The number of likely N-dealkylation sites (N-methyl/N-ethyl adjacent to an activating group) is 1. The predicted molar refractivity (Wildman–Crippen MR) is 185 cm³/mol. The summed E-state index contributed by atoms with van der Waals surface area (Å²) in [6.07, 6.45) is -8.52. The van der Waals surface area contributed by atoms with E-state index in [4.69, 9.17) is 28.4 Å². The molecular weight excluding hydrogens is 652 g/mol. The number of cyclic esters (lactones) is 1. The van der Waals surface area contributed by atoms with Crippen molar-refractivity contribution in [3.8, 4) is 0 Å². The van der Waals surface area contributed by atoms with E-state index in [9.17, 15) is 30.3 Å². The number of carbonyl (C=O) groups is 1. The highest BCUT2D eigenvalue weighted by molar-refractivity contribution is 5.73. The van der Waals surface area contributed by atoms with Crippen LogP contribution in [0.15, 0.2) is 0 Å². The summed E-state index contributed by atoms with van der Waals surface area (Å²) < 4.78 is 37.1. The Morgan fingerprint density at radius 3 is 2.10 bits per heavy atom. The highest BCUT2D eigenvalue weighted by atomic mass is 16.7. The molecule has 14 heteroatoms. The molecule has 3 saturated heterocycles. The van der Waals surface area contributed by atoms with Gasteiger partial charge in [-0.3, -0.25) is 4.79 Å². The quantitative estimate of drug-likeness (QED) is 0.215. The van der Waals surface area contributed by atoms with Crippen LogP contribution in [0.25, 0.3) is 0 Å². The molecule has 3 aliphatic rings. The van der Waals surface area contributed by atoms with Gasteiger partial charge in [-0.15, -0.1) is 0 Å². The molecule has 0 amide bonds. The molecule has 14 nitrogen and oxygen atoms in total. The molecule has 0 aromatic carbocycles. The molecule has 0 bridgehead atoms. The van der Waals surface area contributed by atoms with Gasteiger partial charge < -0.3 is 64.2 Å². The first kappa shape index (κ1) is 43.4. The van der Waals surface area contributed by atoms with Gasteiger partial charge in [0.1, 0.15) is 23.9 Å². The van der Waals surface area contributed by atoms with Crippen molar-refractivity contribution >= 4 is 5.97 Å². The standard InChI is InChI=1S/C36H68N2O12/c1-18-17-37-19(2)15-34(8,43)31(50-33-27(39)25(38(11)12)14-20(3)46-33)21(4)28(22(5)32(42)48-24(7)36(10,44)29(18)40)49-26-16-35(9,45-13)30(41)23(6)47-26/h18-31,33,37,39-41,43-44H,14-17H2,1-13H3/t18?,19-,20-,21+,22-,23+,24-,25+,26+,27-,28+,29-,30+,31-,33-,34-,35-,36-/m1/s1. The molecule has 3 rings (SSSR count). The molecule has 0 saturated carbocycles. The summed E-state index contributed by atoms with van der Waals surface area (Å²) in [6, 6.07) is -0.567. The first-order valence-electron chi connectivity index (χ1n) is 18.2. The van der Waals surface area contributed by atoms with Gasteiger partial charge in [0.15, 0.2) is 12.6 Å². The van der Waals surface area contributed by atoms with E-state index < -0.39 is 95.8 Å². The maximum atomic E-state index is 14.0. The number of rotatable bonds is 6. The van der Waals surface area contributed by atoms with Gasteiger partial charge >= 0.3 is 5.97 Å². The number of hydrogen-bond acceptors (Lipinski definition) is 14. The number of esters is 1. The second-order valence-electron chi connectivity index (χ2n) is 16.4. The minimum Gasteiger partial charge on any atom is -0.459 e. The second kappa shape index (κ2) is 17.0. The molecule has 0 spiro atoms. The Morgan fingerprint density at radius 2 is 1.52 bits per heavy atom. The Morgan fingerprint density at radius 1 is 0.900 bits per heavy atom. The van der Waals surface area contributed by atoms with Crippen LogP contribution in [-0.4, -0.2) is 154 Å². The molecule has 50 heavy (non-hydrogen) atoms. The fourth-order valence-corrected chi connectivity index (χ4v) is 7.93. The molecule has 0 aliphatic carbocycles. The fraction of sp³-hybridized carbons (Fsp3) is 0.972. The number of methoxy groups -OCH3 is 1. The lowest BCUT2D eigenvalue weighted by Gasteiger charge is -2.48. The summed E-state index contributed by atoms with van der Waals surface area (Å²) >= 11 is 0. The van der Waals surface area contributed by atoms with Crippen molar-refractivity contribution in [3.05, 3.63) is 0 Å². The Hall–Kier alpha value is -1.01. The SMILES string of the molecule is CO[C@]1(C)C[C@H](O[C@H]2[C@H](C)[C@@H](O[C@H]3O[C@H](C)C[C@H](N(C)C)[C@H]3O)[C@](C)(O)C[C@@H](C)NCC(C)[C@@H](O)[C@](C)(O)[C@@H](C)OC(=O)[C@@H]2C)O[C@@H](C)[C@@H]1O. The smallest absolute Gasteiger partial charge is 0.311 e. The topological polar surface area (TPSA) is 189 Å². The molecule has 0 aromatic heterocycles. The largest absolute Gasteiger partial charge is 0.459 e. The normalized spacial score (nSPS) is 50.7.